The zero-order valence-electron chi connectivity index (χ0n) is 13.7. The molecule has 2 aromatic rings. The number of aromatic nitrogens is 1. The molecule has 124 valence electrons. The van der Waals surface area contributed by atoms with Crippen molar-refractivity contribution in [3.05, 3.63) is 35.5 Å². The molecule has 3 rings (SSSR count). The second-order valence-electron chi connectivity index (χ2n) is 6.33. The molecule has 1 N–H and O–H groups in total. The predicted octanol–water partition coefficient (Wildman–Crippen LogP) is 4.11. The highest BCUT2D eigenvalue weighted by molar-refractivity contribution is 5.92. The second kappa shape index (κ2) is 6.79. The number of likely N-dealkylation sites (tertiary alicyclic amines) is 1. The van der Waals surface area contributed by atoms with Crippen LogP contribution in [-0.4, -0.2) is 35.6 Å². The lowest BCUT2D eigenvalue weighted by atomic mass is 10.0. The van der Waals surface area contributed by atoms with Gasteiger partial charge >= 0.3 is 0 Å². The first-order valence-corrected chi connectivity index (χ1v) is 8.32. The average Bonchev–Trinajstić information content (AvgIpc) is 2.53. The van der Waals surface area contributed by atoms with Gasteiger partial charge in [0.2, 0.25) is 0 Å². The molecule has 0 aliphatic carbocycles. The molecule has 0 radical (unpaired) electrons. The van der Waals surface area contributed by atoms with Crippen molar-refractivity contribution in [1.29, 1.82) is 0 Å². The van der Waals surface area contributed by atoms with Gasteiger partial charge in [0.1, 0.15) is 5.52 Å². The number of nitrogens with zero attached hydrogens (tertiary/aromatic N) is 2. The topological polar surface area (TPSA) is 28.2 Å². The van der Waals surface area contributed by atoms with E-state index < -0.39 is 11.6 Å². The zero-order chi connectivity index (χ0) is 16.4. The van der Waals surface area contributed by atoms with Gasteiger partial charge < -0.3 is 10.2 Å². The van der Waals surface area contributed by atoms with Crippen LogP contribution in [-0.2, 0) is 0 Å². The predicted molar refractivity (Wildman–Crippen MR) is 89.8 cm³/mol. The maximum atomic E-state index is 14.0. The molecule has 1 saturated heterocycles. The van der Waals surface area contributed by atoms with Crippen molar-refractivity contribution in [1.82, 2.24) is 9.88 Å². The van der Waals surface area contributed by atoms with Gasteiger partial charge in [0.05, 0.1) is 0 Å². The Hall–Kier alpha value is -1.75. The molecular weight excluding hydrogens is 296 g/mol. The number of aryl methyl sites for hydroxylation is 1. The molecule has 1 aromatic heterocycles. The molecule has 0 bridgehead atoms. The lowest BCUT2D eigenvalue weighted by molar-refractivity contribution is 0.219. The second-order valence-corrected chi connectivity index (χ2v) is 6.33. The third kappa shape index (κ3) is 3.44. The number of piperidine rings is 1. The summed E-state index contributed by atoms with van der Waals surface area (Å²) in [6.07, 6.45) is 3.30. The molecule has 23 heavy (non-hydrogen) atoms. The van der Waals surface area contributed by atoms with Crippen molar-refractivity contribution in [2.24, 2.45) is 0 Å². The summed E-state index contributed by atoms with van der Waals surface area (Å²) in [7, 11) is 0. The molecule has 3 nitrogen and oxygen atoms in total. The van der Waals surface area contributed by atoms with Gasteiger partial charge in [0.15, 0.2) is 11.6 Å². The van der Waals surface area contributed by atoms with E-state index in [1.165, 1.54) is 12.5 Å². The number of rotatable bonds is 4. The van der Waals surface area contributed by atoms with E-state index >= 15 is 0 Å². The van der Waals surface area contributed by atoms with Gasteiger partial charge in [-0.3, -0.25) is 0 Å². The Labute approximate surface area is 135 Å². The minimum Gasteiger partial charge on any atom is -0.382 e. The van der Waals surface area contributed by atoms with Gasteiger partial charge in [-0.05, 0) is 50.9 Å². The van der Waals surface area contributed by atoms with Crippen molar-refractivity contribution in [3.63, 3.8) is 0 Å². The van der Waals surface area contributed by atoms with Gasteiger partial charge in [0, 0.05) is 35.9 Å². The maximum Gasteiger partial charge on any atom is 0.185 e. The number of fused-ring (bicyclic) bond motifs is 1. The lowest BCUT2D eigenvalue weighted by Gasteiger charge is -2.32. The van der Waals surface area contributed by atoms with Gasteiger partial charge in [0.25, 0.3) is 0 Å². The van der Waals surface area contributed by atoms with Crippen LogP contribution in [0.5, 0.6) is 0 Å². The van der Waals surface area contributed by atoms with Crippen LogP contribution in [0.25, 0.3) is 10.9 Å². The highest BCUT2D eigenvalue weighted by atomic mass is 19.2. The molecule has 0 unspecified atom stereocenters. The molecule has 0 spiro atoms. The van der Waals surface area contributed by atoms with Crippen molar-refractivity contribution >= 4 is 16.6 Å². The summed E-state index contributed by atoms with van der Waals surface area (Å²) < 4.78 is 27.4. The first-order valence-electron chi connectivity index (χ1n) is 8.32. The quantitative estimate of drug-likeness (QED) is 0.919. The Kier molecular flexibility index (Phi) is 4.76. The SMILES string of the molecule is CCCN1CCC(Nc2cc(C)nc3c(F)c(F)ccc23)CC1. The highest BCUT2D eigenvalue weighted by Gasteiger charge is 2.20. The Morgan fingerprint density at radius 3 is 2.70 bits per heavy atom. The van der Waals surface area contributed by atoms with Crippen molar-refractivity contribution < 1.29 is 8.78 Å². The van der Waals surface area contributed by atoms with Crippen LogP contribution in [0.4, 0.5) is 14.5 Å². The number of pyridine rings is 1. The number of anilines is 1. The lowest BCUT2D eigenvalue weighted by Crippen LogP contribution is -2.39. The normalized spacial score (nSPS) is 16.9. The van der Waals surface area contributed by atoms with Crippen LogP contribution in [0.3, 0.4) is 0 Å². The molecule has 1 aromatic carbocycles. The van der Waals surface area contributed by atoms with E-state index in [1.807, 2.05) is 6.07 Å². The average molecular weight is 319 g/mol. The molecule has 5 heteroatoms. The fourth-order valence-corrected chi connectivity index (χ4v) is 3.32. The van der Waals surface area contributed by atoms with E-state index in [1.54, 1.807) is 13.0 Å². The Balaban J connectivity index is 1.82. The monoisotopic (exact) mass is 319 g/mol. The van der Waals surface area contributed by atoms with Gasteiger partial charge in [-0.15, -0.1) is 0 Å². The molecule has 0 saturated carbocycles. The van der Waals surface area contributed by atoms with Crippen molar-refractivity contribution in [2.75, 3.05) is 25.0 Å². The molecule has 1 aliphatic heterocycles. The number of nitrogens with one attached hydrogen (secondary N) is 1. The fourth-order valence-electron chi connectivity index (χ4n) is 3.32. The molecule has 2 heterocycles. The smallest absolute Gasteiger partial charge is 0.185 e. The van der Waals surface area contributed by atoms with Crippen molar-refractivity contribution in [2.45, 2.75) is 39.2 Å². The Morgan fingerprint density at radius 1 is 1.26 bits per heavy atom. The zero-order valence-corrected chi connectivity index (χ0v) is 13.7. The van der Waals surface area contributed by atoms with Crippen LogP contribution in [0.15, 0.2) is 18.2 Å². The minimum absolute atomic E-state index is 0.107. The Morgan fingerprint density at radius 2 is 2.00 bits per heavy atom. The number of benzene rings is 1. The Bertz CT molecular complexity index is 694. The number of halogens is 2. The van der Waals surface area contributed by atoms with E-state index in [-0.39, 0.29) is 5.52 Å². The molecule has 0 amide bonds. The highest BCUT2D eigenvalue weighted by Crippen LogP contribution is 2.28. The fraction of sp³-hybridized carbons (Fsp3) is 0.500. The van der Waals surface area contributed by atoms with Crippen LogP contribution < -0.4 is 5.32 Å². The summed E-state index contributed by atoms with van der Waals surface area (Å²) in [5, 5.41) is 4.16. The van der Waals surface area contributed by atoms with E-state index in [9.17, 15) is 8.78 Å². The summed E-state index contributed by atoms with van der Waals surface area (Å²) in [5.74, 6) is -1.72. The first-order chi connectivity index (χ1) is 11.1. The van der Waals surface area contributed by atoms with Gasteiger partial charge in [-0.1, -0.05) is 6.92 Å². The molecule has 1 aliphatic rings. The van der Waals surface area contributed by atoms with Gasteiger partial charge in [-0.25, -0.2) is 13.8 Å². The molecular formula is C18H23F2N3. The number of hydrogen-bond acceptors (Lipinski definition) is 3. The van der Waals surface area contributed by atoms with E-state index in [0.717, 1.165) is 38.2 Å². The van der Waals surface area contributed by atoms with E-state index in [0.29, 0.717) is 17.1 Å². The number of hydrogen-bond donors (Lipinski definition) is 1. The summed E-state index contributed by atoms with van der Waals surface area (Å²) in [5.41, 5.74) is 1.64. The maximum absolute atomic E-state index is 14.0. The third-order valence-corrected chi connectivity index (χ3v) is 4.49. The molecule has 0 atom stereocenters. The van der Waals surface area contributed by atoms with Crippen LogP contribution >= 0.6 is 0 Å². The summed E-state index contributed by atoms with van der Waals surface area (Å²) in [6, 6.07) is 5.05. The van der Waals surface area contributed by atoms with E-state index in [2.05, 4.69) is 22.1 Å². The summed E-state index contributed by atoms with van der Waals surface area (Å²) in [4.78, 5) is 6.64. The van der Waals surface area contributed by atoms with Crippen LogP contribution in [0, 0.1) is 18.6 Å². The first kappa shape index (κ1) is 16.1. The standard InChI is InChI=1S/C18H23F2N3/c1-3-8-23-9-6-13(7-10-23)22-16-11-12(2)21-18-14(16)4-5-15(19)17(18)20/h4-5,11,13H,3,6-10H2,1-2H3,(H,21,22). The molecule has 1 fully saturated rings. The van der Waals surface area contributed by atoms with Crippen molar-refractivity contribution in [3.8, 4) is 0 Å². The van der Waals surface area contributed by atoms with Gasteiger partial charge in [-0.2, -0.15) is 0 Å². The third-order valence-electron chi connectivity index (χ3n) is 4.49. The van der Waals surface area contributed by atoms with Crippen LogP contribution in [0.1, 0.15) is 31.9 Å². The van der Waals surface area contributed by atoms with E-state index in [4.69, 9.17) is 0 Å². The minimum atomic E-state index is -0.869. The summed E-state index contributed by atoms with van der Waals surface area (Å²) >= 11 is 0. The van der Waals surface area contributed by atoms with Crippen LogP contribution in [0.2, 0.25) is 0 Å². The summed E-state index contributed by atoms with van der Waals surface area (Å²) in [6.45, 7) is 7.31. The largest absolute Gasteiger partial charge is 0.382 e.